The summed E-state index contributed by atoms with van der Waals surface area (Å²) >= 11 is 0. The Labute approximate surface area is 130 Å². The maximum absolute atomic E-state index is 12.6. The number of aliphatic hydroxyl groups is 1. The lowest BCUT2D eigenvalue weighted by Gasteiger charge is -2.12. The molecule has 0 saturated heterocycles. The van der Waals surface area contributed by atoms with E-state index in [9.17, 15) is 20.0 Å². The van der Waals surface area contributed by atoms with Gasteiger partial charge in [-0.15, -0.1) is 0 Å². The molecule has 0 aliphatic heterocycles. The fraction of sp³-hybridized carbons (Fsp3) is 0.125. The number of rotatable bonds is 4. The standard InChI is InChI=1S/C16H13N3O4/c20-10-9-18-15(11-5-7-12(8-6-11)19(22)23)17-14-4-2-1-3-13(14)16(18)21/h1-8,20H,9-10H2. The number of nitrogens with zero attached hydrogens (tertiary/aromatic N) is 3. The van der Waals surface area contributed by atoms with Crippen molar-refractivity contribution in [2.45, 2.75) is 6.54 Å². The van der Waals surface area contributed by atoms with Gasteiger partial charge in [-0.2, -0.15) is 0 Å². The number of aliphatic hydroxyl groups excluding tert-OH is 1. The predicted octanol–water partition coefficient (Wildman–Crippen LogP) is 1.96. The molecule has 7 nitrogen and oxygen atoms in total. The summed E-state index contributed by atoms with van der Waals surface area (Å²) in [5.74, 6) is 0.373. The molecule has 3 aromatic rings. The van der Waals surface area contributed by atoms with Crippen LogP contribution in [0.15, 0.2) is 53.3 Å². The first-order valence-electron chi connectivity index (χ1n) is 6.97. The molecule has 23 heavy (non-hydrogen) atoms. The lowest BCUT2D eigenvalue weighted by atomic mass is 10.1. The fourth-order valence-corrected chi connectivity index (χ4v) is 2.43. The van der Waals surface area contributed by atoms with E-state index >= 15 is 0 Å². The lowest BCUT2D eigenvalue weighted by molar-refractivity contribution is -0.384. The van der Waals surface area contributed by atoms with Gasteiger partial charge in [-0.05, 0) is 24.3 Å². The van der Waals surface area contributed by atoms with E-state index in [1.807, 2.05) is 0 Å². The van der Waals surface area contributed by atoms with Crippen LogP contribution >= 0.6 is 0 Å². The van der Waals surface area contributed by atoms with Gasteiger partial charge in [0.05, 0.1) is 29.0 Å². The zero-order chi connectivity index (χ0) is 16.4. The molecule has 3 rings (SSSR count). The molecule has 7 heteroatoms. The highest BCUT2D eigenvalue weighted by Crippen LogP contribution is 2.21. The van der Waals surface area contributed by atoms with E-state index in [-0.39, 0.29) is 24.4 Å². The highest BCUT2D eigenvalue weighted by atomic mass is 16.6. The van der Waals surface area contributed by atoms with E-state index in [0.29, 0.717) is 22.3 Å². The summed E-state index contributed by atoms with van der Waals surface area (Å²) in [6.45, 7) is -0.108. The van der Waals surface area contributed by atoms with E-state index in [1.165, 1.54) is 16.7 Å². The molecule has 0 atom stereocenters. The van der Waals surface area contributed by atoms with E-state index < -0.39 is 4.92 Å². The summed E-state index contributed by atoms with van der Waals surface area (Å²) in [7, 11) is 0. The Morgan fingerprint density at radius 1 is 1.13 bits per heavy atom. The molecule has 116 valence electrons. The summed E-state index contributed by atoms with van der Waals surface area (Å²) in [5.41, 5.74) is 0.829. The molecule has 0 spiro atoms. The van der Waals surface area contributed by atoms with E-state index in [2.05, 4.69) is 4.98 Å². The minimum absolute atomic E-state index is 0.0365. The molecule has 0 unspecified atom stereocenters. The normalized spacial score (nSPS) is 10.8. The van der Waals surface area contributed by atoms with Crippen LogP contribution in [-0.4, -0.2) is 26.2 Å². The van der Waals surface area contributed by atoms with Crippen molar-refractivity contribution in [2.75, 3.05) is 6.61 Å². The van der Waals surface area contributed by atoms with Crippen LogP contribution in [0, 0.1) is 10.1 Å². The van der Waals surface area contributed by atoms with Crippen LogP contribution in [0.1, 0.15) is 0 Å². The Morgan fingerprint density at radius 3 is 2.48 bits per heavy atom. The quantitative estimate of drug-likeness (QED) is 0.586. The summed E-state index contributed by atoms with van der Waals surface area (Å²) < 4.78 is 1.38. The van der Waals surface area contributed by atoms with E-state index in [1.54, 1.807) is 36.4 Å². The summed E-state index contributed by atoms with van der Waals surface area (Å²) in [6, 6.07) is 12.8. The summed E-state index contributed by atoms with van der Waals surface area (Å²) in [6.07, 6.45) is 0. The van der Waals surface area contributed by atoms with Crippen LogP contribution in [0.3, 0.4) is 0 Å². The van der Waals surface area contributed by atoms with Gasteiger partial charge < -0.3 is 5.11 Å². The molecule has 0 aliphatic rings. The van der Waals surface area contributed by atoms with E-state index in [4.69, 9.17) is 0 Å². The minimum atomic E-state index is -0.488. The third-order valence-electron chi connectivity index (χ3n) is 3.52. The largest absolute Gasteiger partial charge is 0.395 e. The molecule has 0 aliphatic carbocycles. The molecule has 0 bridgehead atoms. The number of aromatic nitrogens is 2. The maximum Gasteiger partial charge on any atom is 0.269 e. The van der Waals surface area contributed by atoms with Gasteiger partial charge in [0.2, 0.25) is 0 Å². The van der Waals surface area contributed by atoms with Crippen LogP contribution in [0.25, 0.3) is 22.3 Å². The summed E-state index contributed by atoms with van der Waals surface area (Å²) in [5, 5.41) is 20.4. The Balaban J connectivity index is 2.24. The van der Waals surface area contributed by atoms with Gasteiger partial charge in [0.15, 0.2) is 0 Å². The molecule has 1 aromatic heterocycles. The van der Waals surface area contributed by atoms with Crippen LogP contribution in [0.4, 0.5) is 5.69 Å². The maximum atomic E-state index is 12.6. The SMILES string of the molecule is O=c1c2ccccc2nc(-c2ccc([N+](=O)[O-])cc2)n1CCO. The highest BCUT2D eigenvalue weighted by molar-refractivity contribution is 5.79. The highest BCUT2D eigenvalue weighted by Gasteiger charge is 2.13. The molecular weight excluding hydrogens is 298 g/mol. The number of hydrogen-bond acceptors (Lipinski definition) is 5. The monoisotopic (exact) mass is 311 g/mol. The second-order valence-electron chi connectivity index (χ2n) is 4.94. The first-order chi connectivity index (χ1) is 11.1. The van der Waals surface area contributed by atoms with Crippen molar-refractivity contribution in [1.82, 2.24) is 9.55 Å². The summed E-state index contributed by atoms with van der Waals surface area (Å²) in [4.78, 5) is 27.3. The fourth-order valence-electron chi connectivity index (χ4n) is 2.43. The molecular formula is C16H13N3O4. The van der Waals surface area contributed by atoms with Crippen LogP contribution in [-0.2, 0) is 6.54 Å². The van der Waals surface area contributed by atoms with Gasteiger partial charge in [-0.1, -0.05) is 12.1 Å². The number of fused-ring (bicyclic) bond motifs is 1. The molecule has 2 aromatic carbocycles. The van der Waals surface area contributed by atoms with Crippen LogP contribution in [0.5, 0.6) is 0 Å². The molecule has 0 radical (unpaired) electrons. The number of hydrogen-bond donors (Lipinski definition) is 1. The second kappa shape index (κ2) is 5.98. The van der Waals surface area contributed by atoms with Crippen molar-refractivity contribution >= 4 is 16.6 Å². The zero-order valence-electron chi connectivity index (χ0n) is 12.0. The van der Waals surface area contributed by atoms with Gasteiger partial charge in [0.25, 0.3) is 11.2 Å². The molecule has 1 N–H and O–H groups in total. The number of para-hydroxylation sites is 1. The smallest absolute Gasteiger partial charge is 0.269 e. The predicted molar refractivity (Wildman–Crippen MR) is 85.2 cm³/mol. The Bertz CT molecular complexity index is 932. The third kappa shape index (κ3) is 2.69. The van der Waals surface area contributed by atoms with Crippen LogP contribution in [0.2, 0.25) is 0 Å². The number of non-ortho nitro benzene ring substituents is 1. The van der Waals surface area contributed by atoms with Gasteiger partial charge in [0, 0.05) is 17.7 Å². The first-order valence-corrected chi connectivity index (χ1v) is 6.97. The van der Waals surface area contributed by atoms with Crippen molar-refractivity contribution in [3.8, 4) is 11.4 Å². The van der Waals surface area contributed by atoms with Gasteiger partial charge in [-0.25, -0.2) is 4.98 Å². The first kappa shape index (κ1) is 14.9. The number of benzene rings is 2. The van der Waals surface area contributed by atoms with Crippen molar-refractivity contribution in [3.05, 3.63) is 69.0 Å². The Kier molecular flexibility index (Phi) is 3.86. The molecule has 0 saturated carbocycles. The lowest BCUT2D eigenvalue weighted by Crippen LogP contribution is -2.25. The van der Waals surface area contributed by atoms with Crippen molar-refractivity contribution in [1.29, 1.82) is 0 Å². The van der Waals surface area contributed by atoms with Crippen molar-refractivity contribution in [3.63, 3.8) is 0 Å². The average Bonchev–Trinajstić information content (AvgIpc) is 2.57. The number of nitro benzene ring substituents is 1. The second-order valence-corrected chi connectivity index (χ2v) is 4.94. The Morgan fingerprint density at radius 2 is 1.83 bits per heavy atom. The van der Waals surface area contributed by atoms with Gasteiger partial charge in [0.1, 0.15) is 5.82 Å². The van der Waals surface area contributed by atoms with E-state index in [0.717, 1.165) is 0 Å². The zero-order valence-corrected chi connectivity index (χ0v) is 12.0. The molecule has 0 fully saturated rings. The third-order valence-corrected chi connectivity index (χ3v) is 3.52. The van der Waals surface area contributed by atoms with Crippen molar-refractivity contribution in [2.24, 2.45) is 0 Å². The number of nitro groups is 1. The Hall–Kier alpha value is -3.06. The van der Waals surface area contributed by atoms with Crippen molar-refractivity contribution < 1.29 is 10.0 Å². The van der Waals surface area contributed by atoms with Gasteiger partial charge >= 0.3 is 0 Å². The molecule has 0 amide bonds. The van der Waals surface area contributed by atoms with Gasteiger partial charge in [-0.3, -0.25) is 19.5 Å². The van der Waals surface area contributed by atoms with Crippen LogP contribution < -0.4 is 5.56 Å². The molecule has 1 heterocycles. The topological polar surface area (TPSA) is 98.3 Å². The average molecular weight is 311 g/mol. The minimum Gasteiger partial charge on any atom is -0.395 e.